The second-order valence-corrected chi connectivity index (χ2v) is 4.33. The zero-order valence-electron chi connectivity index (χ0n) is 11.1. The highest BCUT2D eigenvalue weighted by Gasteiger charge is 2.18. The number of esters is 1. The van der Waals surface area contributed by atoms with E-state index >= 15 is 0 Å². The fourth-order valence-electron chi connectivity index (χ4n) is 1.86. The Kier molecular flexibility index (Phi) is 3.94. The Balaban J connectivity index is 2.48. The Hall–Kier alpha value is -2.49. The summed E-state index contributed by atoms with van der Waals surface area (Å²) in [5, 5.41) is 0. The van der Waals surface area contributed by atoms with E-state index in [1.54, 1.807) is 19.1 Å². The number of hydrogen-bond donors (Lipinski definition) is 0. The van der Waals surface area contributed by atoms with Crippen LogP contribution in [0, 0.1) is 12.7 Å². The molecule has 3 nitrogen and oxygen atoms in total. The number of halogens is 1. The van der Waals surface area contributed by atoms with Crippen molar-refractivity contribution in [3.05, 3.63) is 70.5 Å². The summed E-state index contributed by atoms with van der Waals surface area (Å²) in [4.78, 5) is 24.0. The van der Waals surface area contributed by atoms with Gasteiger partial charge in [-0.25, -0.2) is 9.18 Å². The van der Waals surface area contributed by atoms with Crippen molar-refractivity contribution in [2.24, 2.45) is 0 Å². The molecule has 0 radical (unpaired) electrons. The van der Waals surface area contributed by atoms with Crippen LogP contribution in [0.1, 0.15) is 31.8 Å². The van der Waals surface area contributed by atoms with Gasteiger partial charge >= 0.3 is 5.97 Å². The van der Waals surface area contributed by atoms with E-state index in [9.17, 15) is 14.0 Å². The maximum atomic E-state index is 13.5. The molecular formula is C16H13FO3. The number of carbonyl (C=O) groups excluding carboxylic acids is 2. The SMILES string of the molecule is COC(=O)c1ccccc1C(=O)c1ccc(C)c(F)c1. The lowest BCUT2D eigenvalue weighted by atomic mass is 9.97. The Morgan fingerprint density at radius 3 is 2.30 bits per heavy atom. The van der Waals surface area contributed by atoms with E-state index in [0.717, 1.165) is 0 Å². The molecule has 0 saturated heterocycles. The third-order valence-corrected chi connectivity index (χ3v) is 3.01. The second kappa shape index (κ2) is 5.65. The van der Waals surface area contributed by atoms with Gasteiger partial charge in [0.25, 0.3) is 0 Å². The van der Waals surface area contributed by atoms with Crippen LogP contribution in [0.2, 0.25) is 0 Å². The summed E-state index contributed by atoms with van der Waals surface area (Å²) in [6.45, 7) is 1.62. The summed E-state index contributed by atoms with van der Waals surface area (Å²) in [6.07, 6.45) is 0. The van der Waals surface area contributed by atoms with Crippen molar-refractivity contribution in [3.63, 3.8) is 0 Å². The fraction of sp³-hybridized carbons (Fsp3) is 0.125. The number of hydrogen-bond acceptors (Lipinski definition) is 3. The van der Waals surface area contributed by atoms with Gasteiger partial charge in [0.1, 0.15) is 5.82 Å². The van der Waals surface area contributed by atoms with Crippen molar-refractivity contribution in [2.75, 3.05) is 7.11 Å². The summed E-state index contributed by atoms with van der Waals surface area (Å²) in [5.74, 6) is -1.46. The van der Waals surface area contributed by atoms with Gasteiger partial charge in [0.05, 0.1) is 12.7 Å². The van der Waals surface area contributed by atoms with E-state index in [-0.39, 0.29) is 16.7 Å². The molecule has 0 bridgehead atoms. The number of ketones is 1. The highest BCUT2D eigenvalue weighted by atomic mass is 19.1. The van der Waals surface area contributed by atoms with Crippen LogP contribution in [0.4, 0.5) is 4.39 Å². The molecule has 2 rings (SSSR count). The molecule has 0 spiro atoms. The van der Waals surface area contributed by atoms with Crippen LogP contribution in [-0.4, -0.2) is 18.9 Å². The van der Waals surface area contributed by atoms with E-state index in [0.29, 0.717) is 5.56 Å². The molecule has 2 aromatic carbocycles. The Morgan fingerprint density at radius 1 is 1.05 bits per heavy atom. The first-order valence-electron chi connectivity index (χ1n) is 6.02. The largest absolute Gasteiger partial charge is 0.465 e. The van der Waals surface area contributed by atoms with Crippen molar-refractivity contribution in [3.8, 4) is 0 Å². The quantitative estimate of drug-likeness (QED) is 0.636. The monoisotopic (exact) mass is 272 g/mol. The number of methoxy groups -OCH3 is 1. The van der Waals surface area contributed by atoms with Crippen LogP contribution in [0.15, 0.2) is 42.5 Å². The van der Waals surface area contributed by atoms with Gasteiger partial charge in [-0.1, -0.05) is 30.3 Å². The third kappa shape index (κ3) is 2.59. The minimum absolute atomic E-state index is 0.168. The lowest BCUT2D eigenvalue weighted by molar-refractivity contribution is 0.0597. The summed E-state index contributed by atoms with van der Waals surface area (Å²) in [5.41, 5.74) is 1.02. The van der Waals surface area contributed by atoms with Crippen molar-refractivity contribution >= 4 is 11.8 Å². The van der Waals surface area contributed by atoms with Crippen LogP contribution in [-0.2, 0) is 4.74 Å². The Labute approximate surface area is 116 Å². The first kappa shape index (κ1) is 13.9. The molecule has 0 aromatic heterocycles. The van der Waals surface area contributed by atoms with Crippen molar-refractivity contribution in [2.45, 2.75) is 6.92 Å². The van der Waals surface area contributed by atoms with Gasteiger partial charge in [0.2, 0.25) is 0 Å². The first-order chi connectivity index (χ1) is 9.54. The smallest absolute Gasteiger partial charge is 0.338 e. The lowest BCUT2D eigenvalue weighted by Crippen LogP contribution is -2.11. The van der Waals surface area contributed by atoms with Gasteiger partial charge < -0.3 is 4.74 Å². The van der Waals surface area contributed by atoms with Crippen LogP contribution >= 0.6 is 0 Å². The molecular weight excluding hydrogens is 259 g/mol. The molecule has 0 unspecified atom stereocenters. The Morgan fingerprint density at radius 2 is 1.70 bits per heavy atom. The van der Waals surface area contributed by atoms with E-state index in [1.165, 1.54) is 37.4 Å². The van der Waals surface area contributed by atoms with Gasteiger partial charge in [-0.3, -0.25) is 4.79 Å². The predicted molar refractivity (Wildman–Crippen MR) is 72.4 cm³/mol. The summed E-state index contributed by atoms with van der Waals surface area (Å²) < 4.78 is 18.2. The number of carbonyl (C=O) groups is 2. The minimum atomic E-state index is -0.596. The second-order valence-electron chi connectivity index (χ2n) is 4.33. The van der Waals surface area contributed by atoms with Crippen LogP contribution in [0.25, 0.3) is 0 Å². The molecule has 0 N–H and O–H groups in total. The van der Waals surface area contributed by atoms with Crippen molar-refractivity contribution in [1.82, 2.24) is 0 Å². The standard InChI is InChI=1S/C16H13FO3/c1-10-7-8-11(9-14(10)17)15(18)12-5-3-4-6-13(12)16(19)20-2/h3-9H,1-2H3. The van der Waals surface area contributed by atoms with Gasteiger partial charge in [-0.2, -0.15) is 0 Å². The average Bonchev–Trinajstić information content (AvgIpc) is 2.48. The zero-order chi connectivity index (χ0) is 14.7. The molecule has 4 heteroatoms. The van der Waals surface area contributed by atoms with Gasteiger partial charge in [-0.15, -0.1) is 0 Å². The number of rotatable bonds is 3. The molecule has 0 fully saturated rings. The zero-order valence-corrected chi connectivity index (χ0v) is 11.1. The fourth-order valence-corrected chi connectivity index (χ4v) is 1.86. The van der Waals surface area contributed by atoms with Gasteiger partial charge in [-0.05, 0) is 24.6 Å². The third-order valence-electron chi connectivity index (χ3n) is 3.01. The molecule has 0 amide bonds. The highest BCUT2D eigenvalue weighted by molar-refractivity contribution is 6.14. The van der Waals surface area contributed by atoms with Crippen molar-refractivity contribution < 1.29 is 18.7 Å². The number of aryl methyl sites for hydroxylation is 1. The molecule has 0 atom stereocenters. The first-order valence-corrected chi connectivity index (χ1v) is 6.02. The van der Waals surface area contributed by atoms with E-state index in [2.05, 4.69) is 4.74 Å². The minimum Gasteiger partial charge on any atom is -0.465 e. The highest BCUT2D eigenvalue weighted by Crippen LogP contribution is 2.17. The van der Waals surface area contributed by atoms with Crippen LogP contribution in [0.3, 0.4) is 0 Å². The normalized spacial score (nSPS) is 10.2. The van der Waals surface area contributed by atoms with Gasteiger partial charge in [0, 0.05) is 11.1 Å². The average molecular weight is 272 g/mol. The van der Waals surface area contributed by atoms with Crippen LogP contribution < -0.4 is 0 Å². The number of ether oxygens (including phenoxy) is 1. The molecule has 0 heterocycles. The molecule has 0 aliphatic heterocycles. The van der Waals surface area contributed by atoms with E-state index in [4.69, 9.17) is 0 Å². The molecule has 0 saturated carbocycles. The molecule has 0 aliphatic carbocycles. The predicted octanol–water partition coefficient (Wildman–Crippen LogP) is 3.15. The number of benzene rings is 2. The topological polar surface area (TPSA) is 43.4 Å². The summed E-state index contributed by atoms with van der Waals surface area (Å²) in [7, 11) is 1.25. The Bertz CT molecular complexity index is 677. The molecule has 0 aliphatic rings. The molecule has 102 valence electrons. The molecule has 20 heavy (non-hydrogen) atoms. The summed E-state index contributed by atoms with van der Waals surface area (Å²) in [6, 6.07) is 10.5. The van der Waals surface area contributed by atoms with E-state index < -0.39 is 17.6 Å². The van der Waals surface area contributed by atoms with E-state index in [1.807, 2.05) is 0 Å². The maximum Gasteiger partial charge on any atom is 0.338 e. The van der Waals surface area contributed by atoms with Crippen molar-refractivity contribution in [1.29, 1.82) is 0 Å². The van der Waals surface area contributed by atoms with Gasteiger partial charge in [0.15, 0.2) is 5.78 Å². The lowest BCUT2D eigenvalue weighted by Gasteiger charge is -2.07. The maximum absolute atomic E-state index is 13.5. The molecule has 2 aromatic rings. The summed E-state index contributed by atoms with van der Waals surface area (Å²) >= 11 is 0. The van der Waals surface area contributed by atoms with Crippen LogP contribution in [0.5, 0.6) is 0 Å².